The standard InChI is InChI=1S/C11H12N4O2S/c1-6-4-7(2)13-10(9(6)11(16)17)18-8-5-12-14-15(8)3/h4-5H,1-3H3,(H,16,17). The second kappa shape index (κ2) is 4.77. The molecule has 0 bridgehead atoms. The van der Waals surface area contributed by atoms with Crippen LogP contribution in [-0.2, 0) is 7.05 Å². The summed E-state index contributed by atoms with van der Waals surface area (Å²) in [7, 11) is 1.75. The fourth-order valence-electron chi connectivity index (χ4n) is 1.61. The van der Waals surface area contributed by atoms with Gasteiger partial charge in [-0.25, -0.2) is 14.5 Å². The van der Waals surface area contributed by atoms with Gasteiger partial charge in [-0.2, -0.15) is 0 Å². The van der Waals surface area contributed by atoms with Crippen LogP contribution in [0.15, 0.2) is 22.3 Å². The number of carboxylic acids is 1. The number of hydrogen-bond acceptors (Lipinski definition) is 5. The monoisotopic (exact) mass is 264 g/mol. The molecular weight excluding hydrogens is 252 g/mol. The fraction of sp³-hybridized carbons (Fsp3) is 0.273. The Morgan fingerprint density at radius 1 is 1.44 bits per heavy atom. The van der Waals surface area contributed by atoms with Crippen LogP contribution in [0, 0.1) is 13.8 Å². The first kappa shape index (κ1) is 12.6. The SMILES string of the molecule is Cc1cc(C)c(C(=O)O)c(Sc2cnnn2C)n1. The predicted octanol–water partition coefficient (Wildman–Crippen LogP) is 1.68. The van der Waals surface area contributed by atoms with Gasteiger partial charge in [-0.1, -0.05) is 5.21 Å². The van der Waals surface area contributed by atoms with E-state index >= 15 is 0 Å². The van der Waals surface area contributed by atoms with Crippen molar-refractivity contribution in [3.63, 3.8) is 0 Å². The first-order valence-electron chi connectivity index (χ1n) is 5.23. The van der Waals surface area contributed by atoms with E-state index in [0.29, 0.717) is 10.6 Å². The molecule has 0 amide bonds. The minimum Gasteiger partial charge on any atom is -0.478 e. The molecule has 0 saturated heterocycles. The first-order chi connectivity index (χ1) is 8.49. The van der Waals surface area contributed by atoms with Crippen LogP contribution < -0.4 is 0 Å². The summed E-state index contributed by atoms with van der Waals surface area (Å²) in [5.74, 6) is -0.974. The Hall–Kier alpha value is -1.89. The Labute approximate surface area is 108 Å². The molecule has 0 aromatic carbocycles. The summed E-state index contributed by atoms with van der Waals surface area (Å²) in [6, 6.07) is 1.76. The number of aromatic carboxylic acids is 1. The molecule has 1 N–H and O–H groups in total. The van der Waals surface area contributed by atoms with Gasteiger partial charge < -0.3 is 5.11 Å². The van der Waals surface area contributed by atoms with Crippen molar-refractivity contribution in [3.8, 4) is 0 Å². The van der Waals surface area contributed by atoms with Crippen LogP contribution in [0.5, 0.6) is 0 Å². The van der Waals surface area contributed by atoms with Gasteiger partial charge in [0.25, 0.3) is 0 Å². The zero-order chi connectivity index (χ0) is 13.3. The zero-order valence-corrected chi connectivity index (χ0v) is 11.0. The first-order valence-corrected chi connectivity index (χ1v) is 6.04. The highest BCUT2D eigenvalue weighted by molar-refractivity contribution is 7.99. The van der Waals surface area contributed by atoms with Gasteiger partial charge in [0.15, 0.2) is 0 Å². The van der Waals surface area contributed by atoms with Crippen LogP contribution in [0.2, 0.25) is 0 Å². The molecule has 0 aliphatic heterocycles. The van der Waals surface area contributed by atoms with Crippen LogP contribution in [0.1, 0.15) is 21.6 Å². The smallest absolute Gasteiger partial charge is 0.338 e. The molecule has 6 nitrogen and oxygen atoms in total. The van der Waals surface area contributed by atoms with E-state index in [-0.39, 0.29) is 5.56 Å². The van der Waals surface area contributed by atoms with E-state index in [1.165, 1.54) is 11.8 Å². The van der Waals surface area contributed by atoms with E-state index in [0.717, 1.165) is 10.7 Å². The van der Waals surface area contributed by atoms with E-state index in [9.17, 15) is 9.90 Å². The zero-order valence-electron chi connectivity index (χ0n) is 10.2. The van der Waals surface area contributed by atoms with Gasteiger partial charge in [-0.15, -0.1) is 5.10 Å². The molecule has 2 aromatic heterocycles. The molecule has 7 heteroatoms. The highest BCUT2D eigenvalue weighted by Gasteiger charge is 2.17. The quantitative estimate of drug-likeness (QED) is 0.908. The van der Waals surface area contributed by atoms with Crippen molar-refractivity contribution in [2.24, 2.45) is 7.05 Å². The number of aromatic nitrogens is 4. The van der Waals surface area contributed by atoms with Crippen LogP contribution in [0.25, 0.3) is 0 Å². The third-order valence-corrected chi connectivity index (χ3v) is 3.47. The van der Waals surface area contributed by atoms with Crippen LogP contribution in [-0.4, -0.2) is 31.1 Å². The number of pyridine rings is 1. The molecule has 0 unspecified atom stereocenters. The molecule has 0 atom stereocenters. The van der Waals surface area contributed by atoms with E-state index in [2.05, 4.69) is 15.3 Å². The van der Waals surface area contributed by atoms with Gasteiger partial charge in [-0.3, -0.25) is 0 Å². The largest absolute Gasteiger partial charge is 0.478 e. The van der Waals surface area contributed by atoms with Gasteiger partial charge in [-0.05, 0) is 37.2 Å². The number of carbonyl (C=O) groups is 1. The average Bonchev–Trinajstić information content (AvgIpc) is 2.62. The molecule has 2 heterocycles. The molecule has 18 heavy (non-hydrogen) atoms. The summed E-state index contributed by atoms with van der Waals surface area (Å²) in [4.78, 5) is 15.6. The maximum Gasteiger partial charge on any atom is 0.338 e. The molecule has 2 aromatic rings. The molecule has 0 saturated carbocycles. The van der Waals surface area contributed by atoms with Crippen molar-refractivity contribution in [1.29, 1.82) is 0 Å². The average molecular weight is 264 g/mol. The Morgan fingerprint density at radius 3 is 2.72 bits per heavy atom. The number of aryl methyl sites for hydroxylation is 3. The van der Waals surface area contributed by atoms with Gasteiger partial charge >= 0.3 is 5.97 Å². The van der Waals surface area contributed by atoms with Crippen molar-refractivity contribution < 1.29 is 9.90 Å². The normalized spacial score (nSPS) is 10.6. The van der Waals surface area contributed by atoms with Crippen molar-refractivity contribution in [2.75, 3.05) is 0 Å². The van der Waals surface area contributed by atoms with Gasteiger partial charge in [0.1, 0.15) is 10.1 Å². The summed E-state index contributed by atoms with van der Waals surface area (Å²) in [6.07, 6.45) is 1.58. The number of nitrogens with zero attached hydrogens (tertiary/aromatic N) is 4. The van der Waals surface area contributed by atoms with E-state index in [4.69, 9.17) is 0 Å². The van der Waals surface area contributed by atoms with Crippen LogP contribution >= 0.6 is 11.8 Å². The van der Waals surface area contributed by atoms with E-state index in [1.807, 2.05) is 6.92 Å². The van der Waals surface area contributed by atoms with E-state index in [1.54, 1.807) is 30.9 Å². The number of carboxylic acid groups (broad SMARTS) is 1. The Bertz CT molecular complexity index is 609. The van der Waals surface area contributed by atoms with Gasteiger partial charge in [0.05, 0.1) is 11.8 Å². The second-order valence-electron chi connectivity index (χ2n) is 3.86. The van der Waals surface area contributed by atoms with Crippen molar-refractivity contribution in [1.82, 2.24) is 20.0 Å². The third kappa shape index (κ3) is 2.35. The van der Waals surface area contributed by atoms with Crippen molar-refractivity contribution >= 4 is 17.7 Å². The summed E-state index contributed by atoms with van der Waals surface area (Å²) >= 11 is 1.25. The lowest BCUT2D eigenvalue weighted by molar-refractivity contribution is 0.0691. The van der Waals surface area contributed by atoms with Crippen LogP contribution in [0.4, 0.5) is 0 Å². The molecule has 94 valence electrons. The lowest BCUT2D eigenvalue weighted by atomic mass is 10.1. The minimum atomic E-state index is -0.974. The molecule has 0 fully saturated rings. The molecule has 0 aliphatic rings. The maximum absolute atomic E-state index is 11.3. The third-order valence-electron chi connectivity index (χ3n) is 2.40. The van der Waals surface area contributed by atoms with E-state index < -0.39 is 5.97 Å². The topological polar surface area (TPSA) is 80.9 Å². The Balaban J connectivity index is 2.49. The van der Waals surface area contributed by atoms with Crippen LogP contribution in [0.3, 0.4) is 0 Å². The molecule has 2 rings (SSSR count). The Morgan fingerprint density at radius 2 is 2.17 bits per heavy atom. The highest BCUT2D eigenvalue weighted by Crippen LogP contribution is 2.29. The Kier molecular flexibility index (Phi) is 3.33. The summed E-state index contributed by atoms with van der Waals surface area (Å²) in [5.41, 5.74) is 1.72. The lowest BCUT2D eigenvalue weighted by Crippen LogP contribution is -2.05. The fourth-order valence-corrected chi connectivity index (χ4v) is 2.61. The minimum absolute atomic E-state index is 0.229. The molecule has 0 radical (unpaired) electrons. The van der Waals surface area contributed by atoms with Crippen molar-refractivity contribution in [2.45, 2.75) is 23.9 Å². The number of rotatable bonds is 3. The molecule has 0 aliphatic carbocycles. The molecule has 0 spiro atoms. The van der Waals surface area contributed by atoms with Gasteiger partial charge in [0.2, 0.25) is 0 Å². The van der Waals surface area contributed by atoms with Crippen molar-refractivity contribution in [3.05, 3.63) is 29.1 Å². The number of hydrogen-bond donors (Lipinski definition) is 1. The predicted molar refractivity (Wildman–Crippen MR) is 65.8 cm³/mol. The lowest BCUT2D eigenvalue weighted by Gasteiger charge is -2.08. The summed E-state index contributed by atoms with van der Waals surface area (Å²) in [5, 5.41) is 18.0. The maximum atomic E-state index is 11.3. The second-order valence-corrected chi connectivity index (χ2v) is 4.87. The highest BCUT2D eigenvalue weighted by atomic mass is 32.2. The molecular formula is C11H12N4O2S. The van der Waals surface area contributed by atoms with Gasteiger partial charge in [0, 0.05) is 12.7 Å². The summed E-state index contributed by atoms with van der Waals surface area (Å²) < 4.78 is 1.58. The summed E-state index contributed by atoms with van der Waals surface area (Å²) in [6.45, 7) is 3.61.